The van der Waals surface area contributed by atoms with Gasteiger partial charge >= 0.3 is 0 Å². The van der Waals surface area contributed by atoms with Crippen LogP contribution in [0.5, 0.6) is 0 Å². The van der Waals surface area contributed by atoms with Crippen LogP contribution in [0.15, 0.2) is 24.3 Å². The zero-order valence-corrected chi connectivity index (χ0v) is 14.2. The molecule has 3 rings (SSSR count). The lowest BCUT2D eigenvalue weighted by Gasteiger charge is -2.38. The molecule has 1 atom stereocenters. The summed E-state index contributed by atoms with van der Waals surface area (Å²) in [7, 11) is 0. The maximum absolute atomic E-state index is 12.5. The van der Waals surface area contributed by atoms with Crippen molar-refractivity contribution in [3.63, 3.8) is 0 Å². The Hall–Kier alpha value is -1.55. The minimum Gasteiger partial charge on any atom is -0.349 e. The van der Waals surface area contributed by atoms with E-state index in [1.807, 2.05) is 24.3 Å². The van der Waals surface area contributed by atoms with Gasteiger partial charge in [0.15, 0.2) is 0 Å². The third kappa shape index (κ3) is 3.69. The average Bonchev–Trinajstić information content (AvgIpc) is 2.96. The number of amides is 2. The molecule has 2 fully saturated rings. The number of hydrogen-bond acceptors (Lipinski definition) is 2. The highest BCUT2D eigenvalue weighted by atomic mass is 35.5. The first-order chi connectivity index (χ1) is 11.0. The number of carbonyl (C=O) groups is 2. The topological polar surface area (TPSA) is 49.4 Å². The van der Waals surface area contributed by atoms with Crippen LogP contribution in [0.25, 0.3) is 0 Å². The lowest BCUT2D eigenvalue weighted by atomic mass is 9.90. The standard InChI is InChI=1S/C18H23ClN2O2/c1-12(22)21-10-15(11-21)18(23)20-17(13-5-2-3-6-13)14-7-4-8-16(19)9-14/h4,7-9,13,15,17H,2-3,5-6,10-11H2,1H3,(H,20,23)/t17-/m0/s1. The quantitative estimate of drug-likeness (QED) is 0.919. The third-order valence-corrected chi connectivity index (χ3v) is 5.31. The van der Waals surface area contributed by atoms with E-state index in [4.69, 9.17) is 11.6 Å². The van der Waals surface area contributed by atoms with Gasteiger partial charge in [-0.25, -0.2) is 0 Å². The van der Waals surface area contributed by atoms with E-state index in [1.165, 1.54) is 12.8 Å². The molecule has 4 nitrogen and oxygen atoms in total. The molecule has 2 aliphatic rings. The van der Waals surface area contributed by atoms with Gasteiger partial charge < -0.3 is 10.2 Å². The normalized spacial score (nSPS) is 20.2. The van der Waals surface area contributed by atoms with Crippen LogP contribution in [-0.2, 0) is 9.59 Å². The van der Waals surface area contributed by atoms with E-state index in [0.717, 1.165) is 18.4 Å². The van der Waals surface area contributed by atoms with E-state index in [-0.39, 0.29) is 23.8 Å². The third-order valence-electron chi connectivity index (χ3n) is 5.07. The van der Waals surface area contributed by atoms with Crippen molar-refractivity contribution < 1.29 is 9.59 Å². The van der Waals surface area contributed by atoms with Crippen molar-refractivity contribution in [3.8, 4) is 0 Å². The molecule has 0 unspecified atom stereocenters. The molecule has 1 aromatic rings. The lowest BCUT2D eigenvalue weighted by Crippen LogP contribution is -2.55. The highest BCUT2D eigenvalue weighted by Gasteiger charge is 2.36. The van der Waals surface area contributed by atoms with Crippen LogP contribution in [0, 0.1) is 11.8 Å². The maximum Gasteiger partial charge on any atom is 0.227 e. The molecule has 2 amide bonds. The minimum absolute atomic E-state index is 0.0232. The molecular formula is C18H23ClN2O2. The van der Waals surface area contributed by atoms with Gasteiger partial charge in [0.1, 0.15) is 0 Å². The second-order valence-corrected chi connectivity index (χ2v) is 7.14. The largest absolute Gasteiger partial charge is 0.349 e. The van der Waals surface area contributed by atoms with Gasteiger partial charge in [-0.15, -0.1) is 0 Å². The SMILES string of the molecule is CC(=O)N1CC(C(=O)N[C@H](c2cccc(Cl)c2)C2CCCC2)C1. The average molecular weight is 335 g/mol. The number of hydrogen-bond donors (Lipinski definition) is 1. The van der Waals surface area contributed by atoms with Crippen LogP contribution in [0.1, 0.15) is 44.2 Å². The van der Waals surface area contributed by atoms with Crippen molar-refractivity contribution >= 4 is 23.4 Å². The molecule has 1 heterocycles. The van der Waals surface area contributed by atoms with E-state index in [1.54, 1.807) is 11.8 Å². The molecule has 1 saturated carbocycles. The van der Waals surface area contributed by atoms with Crippen molar-refractivity contribution in [2.24, 2.45) is 11.8 Å². The predicted molar refractivity (Wildman–Crippen MR) is 90.0 cm³/mol. The fourth-order valence-corrected chi connectivity index (χ4v) is 3.84. The summed E-state index contributed by atoms with van der Waals surface area (Å²) in [6, 6.07) is 7.81. The Kier molecular flexibility index (Phi) is 4.90. The molecule has 5 heteroatoms. The molecule has 124 valence electrons. The molecule has 1 aliphatic heterocycles. The zero-order chi connectivity index (χ0) is 16.4. The highest BCUT2D eigenvalue weighted by Crippen LogP contribution is 2.36. The second-order valence-electron chi connectivity index (χ2n) is 6.71. The van der Waals surface area contributed by atoms with Gasteiger partial charge in [0.2, 0.25) is 11.8 Å². The summed E-state index contributed by atoms with van der Waals surface area (Å²) in [5.74, 6) is 0.485. The monoisotopic (exact) mass is 334 g/mol. The first-order valence-electron chi connectivity index (χ1n) is 8.36. The van der Waals surface area contributed by atoms with E-state index >= 15 is 0 Å². The molecule has 0 spiro atoms. The van der Waals surface area contributed by atoms with Crippen LogP contribution in [-0.4, -0.2) is 29.8 Å². The van der Waals surface area contributed by atoms with Crippen LogP contribution >= 0.6 is 11.6 Å². The van der Waals surface area contributed by atoms with Crippen LogP contribution in [0.4, 0.5) is 0 Å². The van der Waals surface area contributed by atoms with Crippen molar-refractivity contribution in [3.05, 3.63) is 34.9 Å². The molecule has 1 aliphatic carbocycles. The summed E-state index contributed by atoms with van der Waals surface area (Å²) >= 11 is 6.13. The number of likely N-dealkylation sites (tertiary alicyclic amines) is 1. The van der Waals surface area contributed by atoms with Gasteiger partial charge in [-0.1, -0.05) is 36.6 Å². The van der Waals surface area contributed by atoms with Crippen molar-refractivity contribution in [1.82, 2.24) is 10.2 Å². The van der Waals surface area contributed by atoms with Crippen molar-refractivity contribution in [2.75, 3.05) is 13.1 Å². The summed E-state index contributed by atoms with van der Waals surface area (Å²) in [4.78, 5) is 25.5. The first-order valence-corrected chi connectivity index (χ1v) is 8.73. The summed E-state index contributed by atoms with van der Waals surface area (Å²) in [5, 5.41) is 3.93. The Morgan fingerprint density at radius 3 is 2.57 bits per heavy atom. The fraction of sp³-hybridized carbons (Fsp3) is 0.556. The molecular weight excluding hydrogens is 312 g/mol. The number of benzene rings is 1. The Morgan fingerprint density at radius 1 is 1.26 bits per heavy atom. The van der Waals surface area contributed by atoms with Crippen molar-refractivity contribution in [1.29, 1.82) is 0 Å². The predicted octanol–water partition coefficient (Wildman–Crippen LogP) is 3.17. The molecule has 0 bridgehead atoms. The van der Waals surface area contributed by atoms with Gasteiger partial charge in [0, 0.05) is 25.0 Å². The molecule has 1 N–H and O–H groups in total. The smallest absolute Gasteiger partial charge is 0.227 e. The first kappa shape index (κ1) is 16.3. The van der Waals surface area contributed by atoms with E-state index in [2.05, 4.69) is 5.32 Å². The molecule has 0 radical (unpaired) electrons. The van der Waals surface area contributed by atoms with E-state index < -0.39 is 0 Å². The number of halogens is 1. The fourth-order valence-electron chi connectivity index (χ4n) is 3.64. The number of nitrogens with zero attached hydrogens (tertiary/aromatic N) is 1. The molecule has 23 heavy (non-hydrogen) atoms. The number of nitrogens with one attached hydrogen (secondary N) is 1. The molecule has 1 aromatic carbocycles. The van der Waals surface area contributed by atoms with Crippen LogP contribution < -0.4 is 5.32 Å². The van der Waals surface area contributed by atoms with Crippen LogP contribution in [0.2, 0.25) is 5.02 Å². The summed E-state index contributed by atoms with van der Waals surface area (Å²) < 4.78 is 0. The molecule has 1 saturated heterocycles. The second kappa shape index (κ2) is 6.91. The van der Waals surface area contributed by atoms with Gasteiger partial charge in [-0.3, -0.25) is 9.59 Å². The number of carbonyl (C=O) groups excluding carboxylic acids is 2. The Morgan fingerprint density at radius 2 is 1.96 bits per heavy atom. The maximum atomic E-state index is 12.5. The Balaban J connectivity index is 1.69. The van der Waals surface area contributed by atoms with Crippen LogP contribution in [0.3, 0.4) is 0 Å². The lowest BCUT2D eigenvalue weighted by molar-refractivity contribution is -0.141. The summed E-state index contributed by atoms with van der Waals surface area (Å²) in [6.07, 6.45) is 4.72. The van der Waals surface area contributed by atoms with Gasteiger partial charge in [-0.2, -0.15) is 0 Å². The molecule has 0 aromatic heterocycles. The minimum atomic E-state index is -0.0815. The van der Waals surface area contributed by atoms with Gasteiger partial charge in [-0.05, 0) is 36.5 Å². The zero-order valence-electron chi connectivity index (χ0n) is 13.4. The van der Waals surface area contributed by atoms with E-state index in [9.17, 15) is 9.59 Å². The van der Waals surface area contributed by atoms with Gasteiger partial charge in [0.25, 0.3) is 0 Å². The van der Waals surface area contributed by atoms with Crippen molar-refractivity contribution in [2.45, 2.75) is 38.6 Å². The highest BCUT2D eigenvalue weighted by molar-refractivity contribution is 6.30. The number of rotatable bonds is 4. The van der Waals surface area contributed by atoms with E-state index in [0.29, 0.717) is 24.0 Å². The summed E-state index contributed by atoms with van der Waals surface area (Å²) in [5.41, 5.74) is 1.08. The summed E-state index contributed by atoms with van der Waals surface area (Å²) in [6.45, 7) is 2.61. The Bertz CT molecular complexity index is 592. The Labute approximate surface area is 142 Å². The van der Waals surface area contributed by atoms with Gasteiger partial charge in [0.05, 0.1) is 12.0 Å².